The Morgan fingerprint density at radius 1 is 1.41 bits per heavy atom. The number of benzene rings is 1. The average Bonchev–Trinajstić information content (AvgIpc) is 2.34. The molecule has 1 aromatic carbocycles. The summed E-state index contributed by atoms with van der Waals surface area (Å²) < 4.78 is 10.6. The van der Waals surface area contributed by atoms with Crippen LogP contribution in [-0.2, 0) is 11.3 Å². The molecule has 1 unspecified atom stereocenters. The Morgan fingerprint density at radius 3 is 2.82 bits per heavy atom. The number of hydrogen-bond acceptors (Lipinski definition) is 3. The molecule has 1 atom stereocenters. The monoisotopic (exact) mass is 257 g/mol. The van der Waals surface area contributed by atoms with Gasteiger partial charge in [-0.15, -0.1) is 0 Å². The summed E-state index contributed by atoms with van der Waals surface area (Å²) in [6, 6.07) is 5.95. The average molecular weight is 258 g/mol. The van der Waals surface area contributed by atoms with Crippen molar-refractivity contribution in [2.24, 2.45) is 0 Å². The van der Waals surface area contributed by atoms with E-state index in [9.17, 15) is 0 Å². The van der Waals surface area contributed by atoms with Crippen LogP contribution < -0.4 is 10.1 Å². The molecule has 0 bridgehead atoms. The van der Waals surface area contributed by atoms with Gasteiger partial charge in [0.15, 0.2) is 0 Å². The number of rotatable bonds is 7. The highest BCUT2D eigenvalue weighted by Gasteiger charge is 2.09. The Kier molecular flexibility index (Phi) is 6.34. The summed E-state index contributed by atoms with van der Waals surface area (Å²) in [5.74, 6) is 0.814. The minimum atomic E-state index is 0.288. The van der Waals surface area contributed by atoms with Gasteiger partial charge in [0.25, 0.3) is 0 Å². The Morgan fingerprint density at radius 2 is 2.18 bits per heavy atom. The fourth-order valence-corrected chi connectivity index (χ4v) is 1.76. The lowest BCUT2D eigenvalue weighted by molar-refractivity contribution is 0.127. The van der Waals surface area contributed by atoms with Crippen molar-refractivity contribution in [1.29, 1.82) is 0 Å². The van der Waals surface area contributed by atoms with Crippen LogP contribution in [0.15, 0.2) is 18.2 Å². The molecule has 0 spiro atoms. The van der Waals surface area contributed by atoms with Crippen molar-refractivity contribution >= 4 is 11.6 Å². The van der Waals surface area contributed by atoms with Crippen molar-refractivity contribution in [2.75, 3.05) is 20.3 Å². The molecule has 0 saturated heterocycles. The second-order valence-corrected chi connectivity index (χ2v) is 4.27. The molecular weight excluding hydrogens is 238 g/mol. The Balaban J connectivity index is 2.56. The number of methoxy groups -OCH3 is 1. The second-order valence-electron chi connectivity index (χ2n) is 3.86. The number of ether oxygens (including phenoxy) is 2. The quantitative estimate of drug-likeness (QED) is 0.815. The van der Waals surface area contributed by atoms with Crippen LogP contribution in [0.3, 0.4) is 0 Å². The third-order valence-corrected chi connectivity index (χ3v) is 2.85. The van der Waals surface area contributed by atoms with Gasteiger partial charge >= 0.3 is 0 Å². The van der Waals surface area contributed by atoms with Crippen LogP contribution in [0, 0.1) is 0 Å². The first-order chi connectivity index (χ1) is 8.19. The molecule has 0 fully saturated rings. The molecule has 0 heterocycles. The molecule has 0 aliphatic carbocycles. The first-order valence-corrected chi connectivity index (χ1v) is 6.19. The minimum Gasteiger partial charge on any atom is -0.496 e. The highest BCUT2D eigenvalue weighted by molar-refractivity contribution is 6.31. The van der Waals surface area contributed by atoms with E-state index < -0.39 is 0 Å². The fourth-order valence-electron chi connectivity index (χ4n) is 1.53. The predicted octanol–water partition coefficient (Wildman–Crippen LogP) is 2.86. The van der Waals surface area contributed by atoms with Crippen LogP contribution in [0.1, 0.15) is 19.4 Å². The van der Waals surface area contributed by atoms with Gasteiger partial charge in [-0.1, -0.05) is 17.7 Å². The Hall–Kier alpha value is -0.770. The topological polar surface area (TPSA) is 30.5 Å². The zero-order chi connectivity index (χ0) is 12.7. The molecule has 1 N–H and O–H groups in total. The van der Waals surface area contributed by atoms with E-state index in [2.05, 4.69) is 12.2 Å². The van der Waals surface area contributed by atoms with Crippen molar-refractivity contribution in [1.82, 2.24) is 5.32 Å². The van der Waals surface area contributed by atoms with Crippen molar-refractivity contribution in [2.45, 2.75) is 26.4 Å². The molecule has 1 rings (SSSR count). The number of nitrogens with one attached hydrogen (secondary N) is 1. The highest BCUT2D eigenvalue weighted by Crippen LogP contribution is 2.25. The van der Waals surface area contributed by atoms with E-state index in [1.165, 1.54) is 0 Å². The van der Waals surface area contributed by atoms with E-state index in [1.54, 1.807) is 7.11 Å². The van der Waals surface area contributed by atoms with Gasteiger partial charge < -0.3 is 14.8 Å². The lowest BCUT2D eigenvalue weighted by atomic mass is 10.2. The maximum absolute atomic E-state index is 6.14. The van der Waals surface area contributed by atoms with Gasteiger partial charge in [-0.3, -0.25) is 0 Å². The van der Waals surface area contributed by atoms with E-state index in [-0.39, 0.29) is 6.04 Å². The zero-order valence-corrected chi connectivity index (χ0v) is 11.4. The molecule has 0 aliphatic heterocycles. The third-order valence-electron chi connectivity index (χ3n) is 2.50. The zero-order valence-electron chi connectivity index (χ0n) is 10.6. The first kappa shape index (κ1) is 14.3. The Labute approximate surface area is 108 Å². The molecular formula is C13H20ClNO2. The molecule has 3 nitrogen and oxygen atoms in total. The summed E-state index contributed by atoms with van der Waals surface area (Å²) in [6.45, 7) is 6.19. The van der Waals surface area contributed by atoms with Gasteiger partial charge in [0.1, 0.15) is 5.75 Å². The van der Waals surface area contributed by atoms with E-state index in [0.717, 1.165) is 22.9 Å². The van der Waals surface area contributed by atoms with Crippen LogP contribution in [0.5, 0.6) is 5.75 Å². The van der Waals surface area contributed by atoms with Gasteiger partial charge in [-0.05, 0) is 26.0 Å². The summed E-state index contributed by atoms with van der Waals surface area (Å²) in [5.41, 5.74) is 0.986. The molecule has 0 amide bonds. The predicted molar refractivity (Wildman–Crippen MR) is 70.8 cm³/mol. The van der Waals surface area contributed by atoms with Crippen molar-refractivity contribution in [3.8, 4) is 5.75 Å². The first-order valence-electron chi connectivity index (χ1n) is 5.81. The van der Waals surface area contributed by atoms with Crippen molar-refractivity contribution in [3.05, 3.63) is 28.8 Å². The molecule has 0 aromatic heterocycles. The second kappa shape index (κ2) is 7.54. The minimum absolute atomic E-state index is 0.288. The van der Waals surface area contributed by atoms with Gasteiger partial charge in [0.2, 0.25) is 0 Å². The standard InChI is InChI=1S/C13H20ClNO2/c1-4-17-9-10(2)15-8-11-12(14)6-5-7-13(11)16-3/h5-7,10,15H,4,8-9H2,1-3H3. The molecule has 4 heteroatoms. The van der Waals surface area contributed by atoms with Crippen LogP contribution in [0.25, 0.3) is 0 Å². The molecule has 0 saturated carbocycles. The van der Waals surface area contributed by atoms with Crippen LogP contribution in [-0.4, -0.2) is 26.4 Å². The summed E-state index contributed by atoms with van der Waals surface area (Å²) in [7, 11) is 1.65. The number of hydrogen-bond donors (Lipinski definition) is 1. The van der Waals surface area contributed by atoms with Crippen molar-refractivity contribution < 1.29 is 9.47 Å². The fraction of sp³-hybridized carbons (Fsp3) is 0.538. The third kappa shape index (κ3) is 4.54. The van der Waals surface area contributed by atoms with Gasteiger partial charge in [-0.25, -0.2) is 0 Å². The summed E-state index contributed by atoms with van der Waals surface area (Å²) in [4.78, 5) is 0. The van der Waals surface area contributed by atoms with Gasteiger partial charge in [0.05, 0.1) is 13.7 Å². The van der Waals surface area contributed by atoms with Crippen LogP contribution >= 0.6 is 11.6 Å². The van der Waals surface area contributed by atoms with Crippen LogP contribution in [0.2, 0.25) is 5.02 Å². The van der Waals surface area contributed by atoms with Crippen molar-refractivity contribution in [3.63, 3.8) is 0 Å². The lowest BCUT2D eigenvalue weighted by Gasteiger charge is -2.16. The van der Waals surface area contributed by atoms with Gasteiger partial charge in [-0.2, -0.15) is 0 Å². The molecule has 0 aliphatic rings. The van der Waals surface area contributed by atoms with E-state index in [1.807, 2.05) is 25.1 Å². The van der Waals surface area contributed by atoms with E-state index >= 15 is 0 Å². The lowest BCUT2D eigenvalue weighted by Crippen LogP contribution is -2.30. The van der Waals surface area contributed by atoms with Crippen LogP contribution in [0.4, 0.5) is 0 Å². The maximum Gasteiger partial charge on any atom is 0.124 e. The molecule has 1 aromatic rings. The molecule has 17 heavy (non-hydrogen) atoms. The van der Waals surface area contributed by atoms with E-state index in [0.29, 0.717) is 13.2 Å². The van der Waals surface area contributed by atoms with Gasteiger partial charge in [0, 0.05) is 29.8 Å². The van der Waals surface area contributed by atoms with E-state index in [4.69, 9.17) is 21.1 Å². The highest BCUT2D eigenvalue weighted by atomic mass is 35.5. The smallest absolute Gasteiger partial charge is 0.124 e. The summed E-state index contributed by atoms with van der Waals surface area (Å²) in [5, 5.41) is 4.08. The maximum atomic E-state index is 6.14. The Bertz CT molecular complexity index is 344. The molecule has 96 valence electrons. The summed E-state index contributed by atoms with van der Waals surface area (Å²) >= 11 is 6.14. The summed E-state index contributed by atoms with van der Waals surface area (Å²) in [6.07, 6.45) is 0. The number of halogens is 1. The largest absolute Gasteiger partial charge is 0.496 e. The SMILES string of the molecule is CCOCC(C)NCc1c(Cl)cccc1OC. The molecule has 0 radical (unpaired) electrons. The normalized spacial score (nSPS) is 12.5.